The highest BCUT2D eigenvalue weighted by molar-refractivity contribution is 8.01. The fraction of sp³-hybridized carbons (Fsp3) is 0.526. The number of hydrogen-bond acceptors (Lipinski definition) is 9. The summed E-state index contributed by atoms with van der Waals surface area (Å²) in [5, 5.41) is 16.8. The maximum atomic E-state index is 13.2. The van der Waals surface area contributed by atoms with E-state index in [0.717, 1.165) is 28.6 Å². The largest absolute Gasteiger partial charge is 0.296 e. The normalized spacial score (nSPS) is 20.4. The molecule has 5 rings (SSSR count). The lowest BCUT2D eigenvalue weighted by Crippen LogP contribution is -2.15. The third-order valence-corrected chi connectivity index (χ3v) is 9.15. The number of carbonyl (C=O) groups excluding carboxylic acids is 1. The van der Waals surface area contributed by atoms with Gasteiger partial charge in [0.1, 0.15) is 0 Å². The number of anilines is 1. The van der Waals surface area contributed by atoms with Gasteiger partial charge >= 0.3 is 0 Å². The summed E-state index contributed by atoms with van der Waals surface area (Å²) in [6.45, 7) is 3.87. The van der Waals surface area contributed by atoms with Crippen molar-refractivity contribution in [2.45, 2.75) is 49.4 Å². The summed E-state index contributed by atoms with van der Waals surface area (Å²) in [6, 6.07) is 1.60. The molecule has 1 saturated heterocycles. The van der Waals surface area contributed by atoms with Crippen molar-refractivity contribution < 1.29 is 13.2 Å². The van der Waals surface area contributed by atoms with Crippen LogP contribution in [0.2, 0.25) is 0 Å². The van der Waals surface area contributed by atoms with E-state index in [2.05, 4.69) is 20.6 Å². The topological polar surface area (TPSA) is 120 Å². The molecule has 3 aromatic heterocycles. The molecule has 1 aliphatic carbocycles. The zero-order valence-corrected chi connectivity index (χ0v) is 19.6. The number of sulfone groups is 1. The lowest BCUT2D eigenvalue weighted by molar-refractivity contribution is 0.102. The number of thioether (sulfide) groups is 1. The molecule has 31 heavy (non-hydrogen) atoms. The number of carbonyl (C=O) groups is 1. The van der Waals surface area contributed by atoms with E-state index in [0.29, 0.717) is 39.8 Å². The number of nitrogens with one attached hydrogen (secondary N) is 1. The van der Waals surface area contributed by atoms with Crippen LogP contribution in [0.3, 0.4) is 0 Å². The van der Waals surface area contributed by atoms with Crippen molar-refractivity contribution in [1.82, 2.24) is 25.0 Å². The van der Waals surface area contributed by atoms with Crippen molar-refractivity contribution >= 4 is 55.0 Å². The molecular formula is C19H22N6O3S3. The Morgan fingerprint density at radius 1 is 1.32 bits per heavy atom. The average Bonchev–Trinajstić information content (AvgIpc) is 3.27. The average molecular weight is 479 g/mol. The summed E-state index contributed by atoms with van der Waals surface area (Å²) in [6.07, 6.45) is 2.59. The van der Waals surface area contributed by atoms with Crippen LogP contribution < -0.4 is 5.32 Å². The van der Waals surface area contributed by atoms with E-state index in [1.165, 1.54) is 11.3 Å². The molecule has 3 aromatic rings. The molecule has 0 radical (unpaired) electrons. The SMILES string of the molecule is CCSc1nnc(NC(=O)c2cc(C3CC3)nc3c2c(C)nn3[C@H]2CCS(=O)(=O)C2)s1. The minimum absolute atomic E-state index is 0.0583. The van der Waals surface area contributed by atoms with Gasteiger partial charge in [-0.15, -0.1) is 10.2 Å². The van der Waals surface area contributed by atoms with E-state index in [4.69, 9.17) is 4.98 Å². The molecule has 164 valence electrons. The molecule has 2 fully saturated rings. The highest BCUT2D eigenvalue weighted by Gasteiger charge is 2.34. The molecule has 12 heteroatoms. The molecular weight excluding hydrogens is 456 g/mol. The van der Waals surface area contributed by atoms with E-state index in [1.807, 2.05) is 19.9 Å². The first-order valence-electron chi connectivity index (χ1n) is 10.2. The van der Waals surface area contributed by atoms with Crippen LogP contribution in [-0.2, 0) is 9.84 Å². The Kier molecular flexibility index (Phi) is 5.25. The van der Waals surface area contributed by atoms with Gasteiger partial charge in [-0.25, -0.2) is 18.1 Å². The van der Waals surface area contributed by atoms with Gasteiger partial charge in [-0.2, -0.15) is 5.10 Å². The second-order valence-electron chi connectivity index (χ2n) is 7.91. The molecule has 0 aromatic carbocycles. The van der Waals surface area contributed by atoms with Crippen LogP contribution in [0.5, 0.6) is 0 Å². The summed E-state index contributed by atoms with van der Waals surface area (Å²) in [4.78, 5) is 18.1. The molecule has 1 saturated carbocycles. The number of pyridine rings is 1. The number of fused-ring (bicyclic) bond motifs is 1. The fourth-order valence-electron chi connectivity index (χ4n) is 3.93. The van der Waals surface area contributed by atoms with Crippen molar-refractivity contribution in [1.29, 1.82) is 0 Å². The van der Waals surface area contributed by atoms with Gasteiger partial charge in [0.15, 0.2) is 19.8 Å². The molecule has 1 amide bonds. The Balaban J connectivity index is 1.56. The molecule has 0 spiro atoms. The quantitative estimate of drug-likeness (QED) is 0.424. The first kappa shape index (κ1) is 20.8. The van der Waals surface area contributed by atoms with Crippen LogP contribution in [0, 0.1) is 6.92 Å². The summed E-state index contributed by atoms with van der Waals surface area (Å²) in [5.74, 6) is 1.15. The van der Waals surface area contributed by atoms with E-state index in [9.17, 15) is 13.2 Å². The van der Waals surface area contributed by atoms with Gasteiger partial charge in [0.2, 0.25) is 5.13 Å². The number of aryl methyl sites for hydroxylation is 1. The fourth-order valence-corrected chi connectivity index (χ4v) is 7.27. The number of amides is 1. The number of rotatable bonds is 6. The van der Waals surface area contributed by atoms with E-state index < -0.39 is 9.84 Å². The van der Waals surface area contributed by atoms with Crippen molar-refractivity contribution in [2.75, 3.05) is 22.6 Å². The van der Waals surface area contributed by atoms with Gasteiger partial charge in [-0.1, -0.05) is 30.0 Å². The third-order valence-electron chi connectivity index (χ3n) is 5.55. The Hall–Kier alpha value is -2.05. The Morgan fingerprint density at radius 2 is 2.13 bits per heavy atom. The first-order valence-corrected chi connectivity index (χ1v) is 13.8. The Bertz CT molecular complexity index is 1280. The van der Waals surface area contributed by atoms with Crippen molar-refractivity contribution in [3.63, 3.8) is 0 Å². The van der Waals surface area contributed by atoms with E-state index in [-0.39, 0.29) is 23.5 Å². The Labute approximate surface area is 188 Å². The molecule has 1 atom stereocenters. The maximum absolute atomic E-state index is 13.2. The van der Waals surface area contributed by atoms with E-state index in [1.54, 1.807) is 16.4 Å². The van der Waals surface area contributed by atoms with Crippen LogP contribution in [0.4, 0.5) is 5.13 Å². The third kappa shape index (κ3) is 4.08. The number of aromatic nitrogens is 5. The van der Waals surface area contributed by atoms with Crippen LogP contribution in [-0.4, -0.2) is 56.5 Å². The van der Waals surface area contributed by atoms with Crippen molar-refractivity contribution in [3.05, 3.63) is 23.0 Å². The molecule has 0 bridgehead atoms. The first-order chi connectivity index (χ1) is 14.8. The molecule has 2 aliphatic rings. The van der Waals surface area contributed by atoms with Crippen LogP contribution in [0.25, 0.3) is 11.0 Å². The van der Waals surface area contributed by atoms with Crippen LogP contribution in [0.1, 0.15) is 59.9 Å². The zero-order valence-electron chi connectivity index (χ0n) is 17.2. The number of nitrogens with zero attached hydrogens (tertiary/aromatic N) is 5. The second kappa shape index (κ2) is 7.82. The highest BCUT2D eigenvalue weighted by atomic mass is 32.2. The van der Waals surface area contributed by atoms with Gasteiger partial charge in [-0.05, 0) is 38.0 Å². The van der Waals surface area contributed by atoms with Gasteiger partial charge in [0.05, 0.1) is 34.2 Å². The molecule has 9 nitrogen and oxygen atoms in total. The molecule has 1 N–H and O–H groups in total. The predicted octanol–water partition coefficient (Wildman–Crippen LogP) is 3.19. The van der Waals surface area contributed by atoms with E-state index >= 15 is 0 Å². The van der Waals surface area contributed by atoms with Gasteiger partial charge < -0.3 is 0 Å². The number of hydrogen-bond donors (Lipinski definition) is 1. The monoisotopic (exact) mass is 478 g/mol. The highest BCUT2D eigenvalue weighted by Crippen LogP contribution is 2.41. The Morgan fingerprint density at radius 3 is 2.81 bits per heavy atom. The standard InChI is InChI=1S/C19H22N6O3S3/c1-3-29-19-23-22-18(30-19)21-17(26)13-8-14(11-4-5-11)20-16-15(13)10(2)24-25(16)12-6-7-31(27,28)9-12/h8,11-12H,3-7,9H2,1-2H3,(H,21,22,26)/t12-/m0/s1. The zero-order chi connectivity index (χ0) is 21.8. The van der Waals surface area contributed by atoms with Gasteiger partial charge in [0.25, 0.3) is 5.91 Å². The lowest BCUT2D eigenvalue weighted by atomic mass is 10.1. The van der Waals surface area contributed by atoms with Crippen molar-refractivity contribution in [3.8, 4) is 0 Å². The second-order valence-corrected chi connectivity index (χ2v) is 12.6. The maximum Gasteiger partial charge on any atom is 0.258 e. The predicted molar refractivity (Wildman–Crippen MR) is 121 cm³/mol. The van der Waals surface area contributed by atoms with Crippen LogP contribution in [0.15, 0.2) is 10.4 Å². The summed E-state index contributed by atoms with van der Waals surface area (Å²) in [5.41, 5.74) is 2.61. The lowest BCUT2D eigenvalue weighted by Gasteiger charge is -2.11. The summed E-state index contributed by atoms with van der Waals surface area (Å²) >= 11 is 2.92. The summed E-state index contributed by atoms with van der Waals surface area (Å²) in [7, 11) is -3.07. The van der Waals surface area contributed by atoms with Crippen LogP contribution >= 0.6 is 23.1 Å². The molecule has 0 unspecified atom stereocenters. The van der Waals surface area contributed by atoms with Crippen molar-refractivity contribution in [2.24, 2.45) is 0 Å². The van der Waals surface area contributed by atoms with Gasteiger partial charge in [-0.3, -0.25) is 10.1 Å². The molecule has 1 aliphatic heterocycles. The van der Waals surface area contributed by atoms with Gasteiger partial charge in [0, 0.05) is 11.6 Å². The smallest absolute Gasteiger partial charge is 0.258 e. The molecule has 4 heterocycles. The summed E-state index contributed by atoms with van der Waals surface area (Å²) < 4.78 is 26.6. The minimum Gasteiger partial charge on any atom is -0.296 e. The minimum atomic E-state index is -3.07.